The number of amides is 2. The highest BCUT2D eigenvalue weighted by molar-refractivity contribution is 7.92. The molecule has 0 aliphatic heterocycles. The Morgan fingerprint density at radius 1 is 0.778 bits per heavy atom. The molecule has 0 heterocycles. The SMILES string of the molecule is Cc1ccc(N(CC(=O)N(Cc2ccc(Cl)cc2)[C@H](Cc2ccccc2)C(=O)NC(C)(C)C)S(=O)(=O)c2ccc(C)cc2)cc1. The van der Waals surface area contributed by atoms with Crippen LogP contribution in [0.15, 0.2) is 108 Å². The highest BCUT2D eigenvalue weighted by Gasteiger charge is 2.35. The molecular formula is C36H40ClN3O4S. The molecule has 0 aliphatic rings. The van der Waals surface area contributed by atoms with Crippen LogP contribution in [0.25, 0.3) is 0 Å². The lowest BCUT2D eigenvalue weighted by molar-refractivity contribution is -0.140. The molecule has 0 radical (unpaired) electrons. The number of halogens is 1. The van der Waals surface area contributed by atoms with Gasteiger partial charge in [-0.15, -0.1) is 0 Å². The molecule has 0 spiro atoms. The Morgan fingerprint density at radius 3 is 1.89 bits per heavy atom. The summed E-state index contributed by atoms with van der Waals surface area (Å²) >= 11 is 6.15. The van der Waals surface area contributed by atoms with Crippen molar-refractivity contribution < 1.29 is 18.0 Å². The zero-order chi connectivity index (χ0) is 32.8. The fourth-order valence-electron chi connectivity index (χ4n) is 4.87. The van der Waals surface area contributed by atoms with Gasteiger partial charge in [-0.05, 0) is 82.1 Å². The molecule has 0 saturated heterocycles. The number of benzene rings is 4. The van der Waals surface area contributed by atoms with E-state index < -0.39 is 34.1 Å². The maximum absolute atomic E-state index is 14.5. The number of carbonyl (C=O) groups excluding carboxylic acids is 2. The predicted octanol–water partition coefficient (Wildman–Crippen LogP) is 6.71. The molecule has 0 fully saturated rings. The molecule has 45 heavy (non-hydrogen) atoms. The number of hydrogen-bond acceptors (Lipinski definition) is 4. The van der Waals surface area contributed by atoms with Gasteiger partial charge in [0.05, 0.1) is 10.6 Å². The minimum absolute atomic E-state index is 0.0667. The van der Waals surface area contributed by atoms with Gasteiger partial charge in [-0.25, -0.2) is 8.42 Å². The van der Waals surface area contributed by atoms with Crippen LogP contribution >= 0.6 is 11.6 Å². The summed E-state index contributed by atoms with van der Waals surface area (Å²) in [7, 11) is -4.16. The first-order valence-electron chi connectivity index (χ1n) is 14.8. The summed E-state index contributed by atoms with van der Waals surface area (Å²) < 4.78 is 29.4. The van der Waals surface area contributed by atoms with Crippen LogP contribution in [0.5, 0.6) is 0 Å². The van der Waals surface area contributed by atoms with Gasteiger partial charge in [0.1, 0.15) is 12.6 Å². The van der Waals surface area contributed by atoms with Crippen molar-refractivity contribution in [3.8, 4) is 0 Å². The quantitative estimate of drug-likeness (QED) is 0.197. The summed E-state index contributed by atoms with van der Waals surface area (Å²) in [6.45, 7) is 8.97. The van der Waals surface area contributed by atoms with Crippen molar-refractivity contribution >= 4 is 39.1 Å². The van der Waals surface area contributed by atoms with Crippen LogP contribution in [-0.4, -0.2) is 43.3 Å². The van der Waals surface area contributed by atoms with Crippen LogP contribution in [-0.2, 0) is 32.6 Å². The molecule has 4 aromatic carbocycles. The first-order valence-corrected chi connectivity index (χ1v) is 16.6. The molecule has 4 aromatic rings. The number of hydrogen-bond donors (Lipinski definition) is 1. The van der Waals surface area contributed by atoms with Crippen molar-refractivity contribution in [3.63, 3.8) is 0 Å². The third-order valence-electron chi connectivity index (χ3n) is 7.25. The van der Waals surface area contributed by atoms with Crippen LogP contribution in [0.4, 0.5) is 5.69 Å². The van der Waals surface area contributed by atoms with E-state index in [0.29, 0.717) is 10.7 Å². The maximum Gasteiger partial charge on any atom is 0.264 e. The Hall–Kier alpha value is -4.14. The van der Waals surface area contributed by atoms with Gasteiger partial charge in [-0.3, -0.25) is 13.9 Å². The van der Waals surface area contributed by atoms with Gasteiger partial charge in [0.25, 0.3) is 10.0 Å². The molecule has 1 N–H and O–H groups in total. The van der Waals surface area contributed by atoms with E-state index in [1.165, 1.54) is 17.0 Å². The highest BCUT2D eigenvalue weighted by atomic mass is 35.5. The Morgan fingerprint density at radius 2 is 1.33 bits per heavy atom. The van der Waals surface area contributed by atoms with Gasteiger partial charge in [0.15, 0.2) is 0 Å². The Kier molecular flexibility index (Phi) is 10.7. The van der Waals surface area contributed by atoms with Crippen molar-refractivity contribution in [1.29, 1.82) is 0 Å². The molecule has 7 nitrogen and oxygen atoms in total. The number of nitrogens with zero attached hydrogens (tertiary/aromatic N) is 2. The second-order valence-electron chi connectivity index (χ2n) is 12.3. The summed E-state index contributed by atoms with van der Waals surface area (Å²) in [6, 6.07) is 29.1. The number of sulfonamides is 1. The second kappa shape index (κ2) is 14.3. The van der Waals surface area contributed by atoms with E-state index in [-0.39, 0.29) is 23.8 Å². The van der Waals surface area contributed by atoms with Crippen LogP contribution in [0, 0.1) is 13.8 Å². The number of anilines is 1. The zero-order valence-corrected chi connectivity index (χ0v) is 27.9. The number of nitrogens with one attached hydrogen (secondary N) is 1. The first-order chi connectivity index (χ1) is 21.2. The van der Waals surface area contributed by atoms with Crippen molar-refractivity contribution in [1.82, 2.24) is 10.2 Å². The van der Waals surface area contributed by atoms with Gasteiger partial charge in [0.2, 0.25) is 11.8 Å². The maximum atomic E-state index is 14.5. The van der Waals surface area contributed by atoms with Crippen LogP contribution in [0.2, 0.25) is 5.02 Å². The van der Waals surface area contributed by atoms with Gasteiger partial charge in [-0.2, -0.15) is 0 Å². The topological polar surface area (TPSA) is 86.8 Å². The number of carbonyl (C=O) groups is 2. The van der Waals surface area contributed by atoms with Crippen LogP contribution < -0.4 is 9.62 Å². The third-order valence-corrected chi connectivity index (χ3v) is 9.29. The third kappa shape index (κ3) is 9.19. The molecule has 2 amide bonds. The molecule has 9 heteroatoms. The molecule has 0 unspecified atom stereocenters. The number of rotatable bonds is 11. The highest BCUT2D eigenvalue weighted by Crippen LogP contribution is 2.26. The summed E-state index contributed by atoms with van der Waals surface area (Å²) in [5, 5.41) is 3.58. The van der Waals surface area contributed by atoms with E-state index in [1.54, 1.807) is 60.7 Å². The Labute approximate surface area is 271 Å². The van der Waals surface area contributed by atoms with Crippen molar-refractivity contribution in [2.24, 2.45) is 0 Å². The van der Waals surface area contributed by atoms with Gasteiger partial charge >= 0.3 is 0 Å². The lowest BCUT2D eigenvalue weighted by Crippen LogP contribution is -2.56. The molecule has 0 saturated carbocycles. The predicted molar refractivity (Wildman–Crippen MR) is 181 cm³/mol. The number of aryl methyl sites for hydroxylation is 2. The zero-order valence-electron chi connectivity index (χ0n) is 26.3. The standard InChI is InChI=1S/C36H40ClN3O4S/c1-26-11-19-31(20-12-26)40(45(43,44)32-21-13-27(2)14-22-32)25-34(41)39(24-29-15-17-30(37)18-16-29)33(35(42)38-36(3,4)5)23-28-9-7-6-8-10-28/h6-22,33H,23-25H2,1-5H3,(H,38,42)/t33-/m1/s1. The molecular weight excluding hydrogens is 606 g/mol. The molecule has 0 aliphatic carbocycles. The summed E-state index contributed by atoms with van der Waals surface area (Å²) in [6.07, 6.45) is 0.233. The average Bonchev–Trinajstić information content (AvgIpc) is 2.99. The second-order valence-corrected chi connectivity index (χ2v) is 14.6. The summed E-state index contributed by atoms with van der Waals surface area (Å²) in [5.74, 6) is -0.858. The Balaban J connectivity index is 1.81. The lowest BCUT2D eigenvalue weighted by Gasteiger charge is -2.35. The van der Waals surface area contributed by atoms with Crippen LogP contribution in [0.3, 0.4) is 0 Å². The van der Waals surface area contributed by atoms with Gasteiger partial charge in [0, 0.05) is 23.5 Å². The Bertz CT molecular complexity index is 1700. The van der Waals surface area contributed by atoms with Gasteiger partial charge < -0.3 is 10.2 Å². The molecule has 0 bridgehead atoms. The average molecular weight is 646 g/mol. The lowest BCUT2D eigenvalue weighted by atomic mass is 10.0. The minimum Gasteiger partial charge on any atom is -0.350 e. The summed E-state index contributed by atoms with van der Waals surface area (Å²) in [4.78, 5) is 30.0. The first kappa shape index (κ1) is 33.7. The largest absolute Gasteiger partial charge is 0.350 e. The molecule has 1 atom stereocenters. The van der Waals surface area contributed by atoms with E-state index in [1.807, 2.05) is 65.0 Å². The summed E-state index contributed by atoms with van der Waals surface area (Å²) in [5.41, 5.74) is 3.25. The van der Waals surface area contributed by atoms with Gasteiger partial charge in [-0.1, -0.05) is 89.5 Å². The molecule has 0 aromatic heterocycles. The van der Waals surface area contributed by atoms with E-state index >= 15 is 0 Å². The normalized spacial score (nSPS) is 12.3. The molecule has 4 rings (SSSR count). The van der Waals surface area contributed by atoms with Crippen molar-refractivity contribution in [3.05, 3.63) is 130 Å². The van der Waals surface area contributed by atoms with Crippen LogP contribution in [0.1, 0.15) is 43.0 Å². The van der Waals surface area contributed by atoms with Crippen molar-refractivity contribution in [2.45, 2.75) is 64.1 Å². The van der Waals surface area contributed by atoms with E-state index in [9.17, 15) is 18.0 Å². The molecule has 236 valence electrons. The fourth-order valence-corrected chi connectivity index (χ4v) is 6.41. The minimum atomic E-state index is -4.16. The smallest absolute Gasteiger partial charge is 0.264 e. The van der Waals surface area contributed by atoms with E-state index in [4.69, 9.17) is 11.6 Å². The monoisotopic (exact) mass is 645 g/mol. The van der Waals surface area contributed by atoms with Crippen molar-refractivity contribution in [2.75, 3.05) is 10.8 Å². The van der Waals surface area contributed by atoms with E-state index in [2.05, 4.69) is 5.32 Å². The van der Waals surface area contributed by atoms with E-state index in [0.717, 1.165) is 26.6 Å². The fraction of sp³-hybridized carbons (Fsp3) is 0.278.